The summed E-state index contributed by atoms with van der Waals surface area (Å²) in [4.78, 5) is 11.7. The van der Waals surface area contributed by atoms with Gasteiger partial charge in [-0.1, -0.05) is 0 Å². The van der Waals surface area contributed by atoms with Crippen LogP contribution >= 0.6 is 23.4 Å². The first kappa shape index (κ1) is 14.7. The highest BCUT2D eigenvalue weighted by Crippen LogP contribution is 2.23. The largest absolute Gasteiger partial charge is 0.346 e. The summed E-state index contributed by atoms with van der Waals surface area (Å²) < 4.78 is 2.25. The van der Waals surface area contributed by atoms with Crippen molar-refractivity contribution in [1.82, 2.24) is 4.57 Å². The number of hydrogen-bond acceptors (Lipinski definition) is 2. The van der Waals surface area contributed by atoms with Gasteiger partial charge in [0.15, 0.2) is 5.78 Å². The van der Waals surface area contributed by atoms with E-state index in [2.05, 4.69) is 17.7 Å². The lowest BCUT2D eigenvalue weighted by molar-refractivity contribution is 0.102. The fourth-order valence-electron chi connectivity index (χ4n) is 2.23. The van der Waals surface area contributed by atoms with E-state index in [1.54, 1.807) is 0 Å². The third kappa shape index (κ3) is 3.29. The Morgan fingerprint density at radius 2 is 2.18 bits per heavy atom. The third-order valence-electron chi connectivity index (χ3n) is 3.09. The standard InChI is InChI=1S/C13H20ClNOS/c1-9(5-6-17-4)15-10(2)7-12(11(15)3)13(16)8-14/h7,9H,5-6,8H2,1-4H3. The van der Waals surface area contributed by atoms with Crippen LogP contribution in [0.1, 0.15) is 41.1 Å². The Morgan fingerprint density at radius 3 is 2.71 bits per heavy atom. The molecule has 0 saturated carbocycles. The molecule has 0 aliphatic rings. The van der Waals surface area contributed by atoms with E-state index in [1.807, 2.05) is 31.7 Å². The summed E-state index contributed by atoms with van der Waals surface area (Å²) in [5.74, 6) is 1.21. The second-order valence-corrected chi connectivity index (χ2v) is 5.59. The second-order valence-electron chi connectivity index (χ2n) is 4.34. The number of alkyl halides is 1. The zero-order chi connectivity index (χ0) is 13.0. The van der Waals surface area contributed by atoms with Gasteiger partial charge in [0, 0.05) is 23.0 Å². The molecule has 0 aromatic carbocycles. The summed E-state index contributed by atoms with van der Waals surface area (Å²) in [6.07, 6.45) is 3.23. The lowest BCUT2D eigenvalue weighted by Crippen LogP contribution is -2.11. The van der Waals surface area contributed by atoms with E-state index in [4.69, 9.17) is 11.6 Å². The van der Waals surface area contributed by atoms with Crippen molar-refractivity contribution < 1.29 is 4.79 Å². The second kappa shape index (κ2) is 6.50. The maximum absolute atomic E-state index is 11.7. The number of aromatic nitrogens is 1. The molecule has 1 heterocycles. The third-order valence-corrected chi connectivity index (χ3v) is 3.97. The first-order valence-electron chi connectivity index (χ1n) is 5.79. The Bertz CT molecular complexity index is 400. The smallest absolute Gasteiger partial charge is 0.179 e. The molecule has 1 unspecified atom stereocenters. The van der Waals surface area contributed by atoms with Crippen LogP contribution in [0.5, 0.6) is 0 Å². The monoisotopic (exact) mass is 273 g/mol. The molecule has 0 aliphatic carbocycles. The predicted octanol–water partition coefficient (Wildman–Crippen LogP) is 3.84. The van der Waals surface area contributed by atoms with E-state index in [1.165, 1.54) is 0 Å². The molecule has 0 spiro atoms. The molecule has 0 amide bonds. The van der Waals surface area contributed by atoms with Crippen molar-refractivity contribution in [2.24, 2.45) is 0 Å². The first-order chi connectivity index (χ1) is 8.02. The average Bonchev–Trinajstić information content (AvgIpc) is 2.61. The van der Waals surface area contributed by atoms with Crippen LogP contribution in [0.3, 0.4) is 0 Å². The Kier molecular flexibility index (Phi) is 5.60. The van der Waals surface area contributed by atoms with Crippen molar-refractivity contribution in [3.8, 4) is 0 Å². The van der Waals surface area contributed by atoms with Crippen molar-refractivity contribution in [1.29, 1.82) is 0 Å². The van der Waals surface area contributed by atoms with Crippen LogP contribution in [-0.4, -0.2) is 28.2 Å². The number of carbonyl (C=O) groups excluding carboxylic acids is 1. The van der Waals surface area contributed by atoms with E-state index >= 15 is 0 Å². The molecule has 0 saturated heterocycles. The van der Waals surface area contributed by atoms with Crippen molar-refractivity contribution >= 4 is 29.1 Å². The molecule has 0 bridgehead atoms. The lowest BCUT2D eigenvalue weighted by atomic mass is 10.2. The summed E-state index contributed by atoms with van der Waals surface area (Å²) in [6.45, 7) is 6.25. The Morgan fingerprint density at radius 1 is 1.53 bits per heavy atom. The molecule has 4 heteroatoms. The quantitative estimate of drug-likeness (QED) is 0.580. The number of nitrogens with zero attached hydrogens (tertiary/aromatic N) is 1. The van der Waals surface area contributed by atoms with Crippen LogP contribution in [0.4, 0.5) is 0 Å². The molecule has 0 N–H and O–H groups in total. The van der Waals surface area contributed by atoms with Gasteiger partial charge in [0.1, 0.15) is 0 Å². The molecule has 1 aromatic rings. The molecule has 0 fully saturated rings. The van der Waals surface area contributed by atoms with Crippen molar-refractivity contribution in [2.75, 3.05) is 17.9 Å². The van der Waals surface area contributed by atoms with Gasteiger partial charge >= 0.3 is 0 Å². The fourth-order valence-corrected chi connectivity index (χ4v) is 2.95. The minimum Gasteiger partial charge on any atom is -0.346 e. The number of hydrogen-bond donors (Lipinski definition) is 0. The van der Waals surface area contributed by atoms with Crippen LogP contribution < -0.4 is 0 Å². The number of halogens is 1. The highest BCUT2D eigenvalue weighted by Gasteiger charge is 2.17. The number of rotatable bonds is 6. The SMILES string of the molecule is CSCCC(C)n1c(C)cc(C(=O)CCl)c1C. The van der Waals surface area contributed by atoms with Gasteiger partial charge < -0.3 is 4.57 Å². The Hall–Kier alpha value is -0.410. The van der Waals surface area contributed by atoms with E-state index in [0.29, 0.717) is 6.04 Å². The summed E-state index contributed by atoms with van der Waals surface area (Å²) in [6, 6.07) is 2.38. The van der Waals surface area contributed by atoms with Crippen LogP contribution in [0, 0.1) is 13.8 Å². The molecule has 17 heavy (non-hydrogen) atoms. The van der Waals surface area contributed by atoms with Crippen LogP contribution in [0.25, 0.3) is 0 Å². The molecular weight excluding hydrogens is 254 g/mol. The van der Waals surface area contributed by atoms with Crippen LogP contribution in [0.15, 0.2) is 6.07 Å². The average molecular weight is 274 g/mol. The zero-order valence-electron chi connectivity index (χ0n) is 10.9. The van der Waals surface area contributed by atoms with Crippen LogP contribution in [0.2, 0.25) is 0 Å². The molecule has 1 aromatic heterocycles. The summed E-state index contributed by atoms with van der Waals surface area (Å²) in [5.41, 5.74) is 2.96. The first-order valence-corrected chi connectivity index (χ1v) is 7.72. The van der Waals surface area contributed by atoms with Gasteiger partial charge in [0.2, 0.25) is 0 Å². The molecule has 0 aliphatic heterocycles. The lowest BCUT2D eigenvalue weighted by Gasteiger charge is -2.18. The van der Waals surface area contributed by atoms with Crippen molar-refractivity contribution in [3.05, 3.63) is 23.0 Å². The molecule has 96 valence electrons. The molecule has 1 rings (SSSR count). The van der Waals surface area contributed by atoms with Crippen molar-refractivity contribution in [3.63, 3.8) is 0 Å². The van der Waals surface area contributed by atoms with Crippen molar-refractivity contribution in [2.45, 2.75) is 33.2 Å². The molecule has 2 nitrogen and oxygen atoms in total. The zero-order valence-corrected chi connectivity index (χ0v) is 12.5. The van der Waals surface area contributed by atoms with Gasteiger partial charge in [-0.15, -0.1) is 11.6 Å². The minimum absolute atomic E-state index is 0.0167. The maximum Gasteiger partial charge on any atom is 0.179 e. The highest BCUT2D eigenvalue weighted by molar-refractivity contribution is 7.98. The van der Waals surface area contributed by atoms with E-state index < -0.39 is 0 Å². The molecule has 1 atom stereocenters. The fraction of sp³-hybridized carbons (Fsp3) is 0.615. The number of thioether (sulfide) groups is 1. The highest BCUT2D eigenvalue weighted by atomic mass is 35.5. The predicted molar refractivity (Wildman–Crippen MR) is 76.7 cm³/mol. The number of carbonyl (C=O) groups is 1. The Balaban J connectivity index is 3.00. The topological polar surface area (TPSA) is 22.0 Å². The normalized spacial score (nSPS) is 12.8. The number of aryl methyl sites for hydroxylation is 1. The van der Waals surface area contributed by atoms with Crippen LogP contribution in [-0.2, 0) is 0 Å². The van der Waals surface area contributed by atoms with E-state index in [9.17, 15) is 4.79 Å². The van der Waals surface area contributed by atoms with Gasteiger partial charge in [-0.3, -0.25) is 4.79 Å². The molecule has 0 radical (unpaired) electrons. The summed E-state index contributed by atoms with van der Waals surface area (Å²) in [7, 11) is 0. The van der Waals surface area contributed by atoms with Gasteiger partial charge in [-0.2, -0.15) is 11.8 Å². The summed E-state index contributed by atoms with van der Waals surface area (Å²) in [5, 5.41) is 0. The van der Waals surface area contributed by atoms with E-state index in [0.717, 1.165) is 29.1 Å². The van der Waals surface area contributed by atoms with Gasteiger partial charge in [-0.05, 0) is 45.3 Å². The van der Waals surface area contributed by atoms with Gasteiger partial charge in [0.25, 0.3) is 0 Å². The van der Waals surface area contributed by atoms with E-state index in [-0.39, 0.29) is 11.7 Å². The Labute approximate surface area is 113 Å². The van der Waals surface area contributed by atoms with Gasteiger partial charge in [-0.25, -0.2) is 0 Å². The number of ketones is 1. The minimum atomic E-state index is 0.0167. The number of Topliss-reactive ketones (excluding diaryl/α,β-unsaturated/α-hetero) is 1. The van der Waals surface area contributed by atoms with Gasteiger partial charge in [0.05, 0.1) is 5.88 Å². The molecular formula is C13H20ClNOS. The summed E-state index contributed by atoms with van der Waals surface area (Å²) >= 11 is 7.47. The maximum atomic E-state index is 11.7.